The Morgan fingerprint density at radius 1 is 1.17 bits per heavy atom. The molecule has 13 heteroatoms. The highest BCUT2D eigenvalue weighted by Gasteiger charge is 2.38. The number of amidine groups is 1. The number of nitrogens with two attached hydrogens (primary N) is 1. The summed E-state index contributed by atoms with van der Waals surface area (Å²) in [6, 6.07) is 5.04. The van der Waals surface area contributed by atoms with Crippen LogP contribution in [0.25, 0.3) is 0 Å². The van der Waals surface area contributed by atoms with E-state index in [1.165, 1.54) is 18.2 Å². The second-order valence-corrected chi connectivity index (χ2v) is 9.01. The Bertz CT molecular complexity index is 1150. The van der Waals surface area contributed by atoms with Crippen molar-refractivity contribution in [1.29, 1.82) is 5.41 Å². The number of carbonyl (C=O) groups excluding carboxylic acids is 2. The first-order valence-corrected chi connectivity index (χ1v) is 11.4. The van der Waals surface area contributed by atoms with E-state index in [0.29, 0.717) is 17.7 Å². The van der Waals surface area contributed by atoms with E-state index in [1.807, 2.05) is 0 Å². The maximum Gasteiger partial charge on any atom is 0.353 e. The van der Waals surface area contributed by atoms with Crippen LogP contribution < -0.4 is 15.8 Å². The molecular weight excluding hydrogens is 517 g/mol. The molecule has 10 nitrogen and oxygen atoms in total. The van der Waals surface area contributed by atoms with Crippen molar-refractivity contribution in [3.63, 3.8) is 0 Å². The van der Waals surface area contributed by atoms with Crippen LogP contribution in [0.1, 0.15) is 53.2 Å². The largest absolute Gasteiger partial charge is 0.481 e. The lowest BCUT2D eigenvalue weighted by Crippen LogP contribution is -2.49. The van der Waals surface area contributed by atoms with Crippen LogP contribution in [-0.4, -0.2) is 45.9 Å². The van der Waals surface area contributed by atoms with Gasteiger partial charge in [-0.3, -0.25) is 15.0 Å². The molecule has 0 aliphatic carbocycles. The van der Waals surface area contributed by atoms with Crippen LogP contribution >= 0.6 is 23.7 Å². The fourth-order valence-electron chi connectivity index (χ4n) is 3.40. The minimum Gasteiger partial charge on any atom is -0.481 e. The minimum atomic E-state index is -1.57. The molecule has 1 aromatic heterocycles. The van der Waals surface area contributed by atoms with Crippen molar-refractivity contribution in [2.24, 2.45) is 11.1 Å². The van der Waals surface area contributed by atoms with Gasteiger partial charge in [-0.15, -0.1) is 23.7 Å². The number of ether oxygens (including phenoxy) is 1. The number of amides is 1. The molecule has 0 unspecified atom stereocenters. The molecule has 1 amide bonds. The summed E-state index contributed by atoms with van der Waals surface area (Å²) in [4.78, 5) is 48.6. The molecule has 2 rings (SSSR count). The van der Waals surface area contributed by atoms with Gasteiger partial charge in [0.05, 0.1) is 11.8 Å². The third-order valence-corrected chi connectivity index (χ3v) is 6.70. The van der Waals surface area contributed by atoms with Crippen molar-refractivity contribution < 1.29 is 38.5 Å². The van der Waals surface area contributed by atoms with Gasteiger partial charge in [-0.25, -0.2) is 14.0 Å². The quantitative estimate of drug-likeness (QED) is 0.117. The molecule has 0 saturated carbocycles. The number of esters is 1. The second kappa shape index (κ2) is 13.0. The Morgan fingerprint density at radius 3 is 2.31 bits per heavy atom. The first-order valence-electron chi connectivity index (χ1n) is 10.6. The van der Waals surface area contributed by atoms with E-state index in [1.54, 1.807) is 19.9 Å². The first kappa shape index (κ1) is 30.5. The molecule has 0 fully saturated rings. The maximum absolute atomic E-state index is 14.2. The van der Waals surface area contributed by atoms with Crippen LogP contribution in [-0.2, 0) is 20.8 Å². The predicted octanol–water partition coefficient (Wildman–Crippen LogP) is 3.21. The summed E-state index contributed by atoms with van der Waals surface area (Å²) in [5, 5.41) is 27.8. The summed E-state index contributed by atoms with van der Waals surface area (Å²) in [7, 11) is 0. The molecular formula is C23H27ClFN3O7S. The molecule has 1 atom stereocenters. The molecule has 0 radical (unpaired) electrons. The number of aliphatic carboxylic acids is 2. The van der Waals surface area contributed by atoms with Gasteiger partial charge in [-0.1, -0.05) is 13.8 Å². The smallest absolute Gasteiger partial charge is 0.353 e. The van der Waals surface area contributed by atoms with Gasteiger partial charge in [0, 0.05) is 10.4 Å². The van der Waals surface area contributed by atoms with Crippen molar-refractivity contribution in [3.05, 3.63) is 51.5 Å². The summed E-state index contributed by atoms with van der Waals surface area (Å²) in [6.07, 6.45) is 0.0780. The number of benzene rings is 1. The summed E-state index contributed by atoms with van der Waals surface area (Å²) >= 11 is 1.04. The standard InChI is InChI=1S/C23H26FN3O7S.ClH/c1-3-23(4-2,22(33)27-15(20(30)31)10-18(28)29)11-13-6-8-17(35-13)21(32)34-16-7-5-12(19(25)26)9-14(16)24;/h5-9,15H,3-4,10-11H2,1-2H3,(H3,25,26)(H,27,33)(H,28,29)(H,30,31);1H/t15-;/m1./s1. The number of carboxylic acids is 2. The summed E-state index contributed by atoms with van der Waals surface area (Å²) in [5.74, 6) is -5.74. The lowest BCUT2D eigenvalue weighted by molar-refractivity contribution is -0.148. The average molecular weight is 544 g/mol. The van der Waals surface area contributed by atoms with E-state index < -0.39 is 47.5 Å². The number of carboxylic acid groups (broad SMARTS) is 2. The van der Waals surface area contributed by atoms with E-state index in [-0.39, 0.29) is 40.9 Å². The van der Waals surface area contributed by atoms with Crippen LogP contribution in [0.3, 0.4) is 0 Å². The molecule has 36 heavy (non-hydrogen) atoms. The van der Waals surface area contributed by atoms with E-state index in [2.05, 4.69) is 5.32 Å². The third kappa shape index (κ3) is 7.49. The summed E-state index contributed by atoms with van der Waals surface area (Å²) in [6.45, 7) is 3.51. The Kier molecular flexibility index (Phi) is 11.0. The molecule has 0 saturated heterocycles. The number of nitrogen functional groups attached to an aromatic ring is 1. The zero-order valence-corrected chi connectivity index (χ0v) is 21.1. The number of nitrogens with one attached hydrogen (secondary N) is 2. The Morgan fingerprint density at radius 2 is 1.81 bits per heavy atom. The van der Waals surface area contributed by atoms with E-state index in [9.17, 15) is 28.7 Å². The predicted molar refractivity (Wildman–Crippen MR) is 132 cm³/mol. The Hall–Kier alpha value is -3.51. The molecule has 1 heterocycles. The van der Waals surface area contributed by atoms with Crippen molar-refractivity contribution in [2.45, 2.75) is 45.6 Å². The summed E-state index contributed by atoms with van der Waals surface area (Å²) < 4.78 is 19.3. The van der Waals surface area contributed by atoms with Gasteiger partial charge < -0.3 is 26.0 Å². The van der Waals surface area contributed by atoms with E-state index >= 15 is 0 Å². The number of rotatable bonds is 12. The van der Waals surface area contributed by atoms with Gasteiger partial charge in [-0.05, 0) is 49.6 Å². The Balaban J connectivity index is 0.00000648. The Labute approximate surface area is 216 Å². The lowest BCUT2D eigenvalue weighted by atomic mass is 9.77. The molecule has 0 spiro atoms. The van der Waals surface area contributed by atoms with Gasteiger partial charge in [0.15, 0.2) is 11.6 Å². The van der Waals surface area contributed by atoms with Crippen LogP contribution in [0.4, 0.5) is 4.39 Å². The van der Waals surface area contributed by atoms with Crippen LogP contribution in [0, 0.1) is 16.6 Å². The summed E-state index contributed by atoms with van der Waals surface area (Å²) in [5.41, 5.74) is 4.42. The minimum absolute atomic E-state index is 0. The number of halogens is 2. The number of thiophene rings is 1. The van der Waals surface area contributed by atoms with Crippen LogP contribution in [0.5, 0.6) is 5.75 Å². The zero-order chi connectivity index (χ0) is 26.3. The monoisotopic (exact) mass is 543 g/mol. The fourth-order valence-corrected chi connectivity index (χ4v) is 4.43. The normalized spacial score (nSPS) is 11.6. The highest BCUT2D eigenvalue weighted by atomic mass is 35.5. The SMILES string of the molecule is CCC(CC)(Cc1ccc(C(=O)Oc2ccc(C(=N)N)cc2F)s1)C(=O)N[C@H](CC(=O)O)C(=O)O.Cl. The van der Waals surface area contributed by atoms with Crippen molar-refractivity contribution in [1.82, 2.24) is 5.32 Å². The lowest BCUT2D eigenvalue weighted by Gasteiger charge is -2.31. The third-order valence-electron chi connectivity index (χ3n) is 5.64. The van der Waals surface area contributed by atoms with Crippen LogP contribution in [0.2, 0.25) is 0 Å². The number of hydrogen-bond donors (Lipinski definition) is 5. The average Bonchev–Trinajstić information content (AvgIpc) is 3.26. The molecule has 0 bridgehead atoms. The van der Waals surface area contributed by atoms with Gasteiger partial charge >= 0.3 is 17.9 Å². The highest BCUT2D eigenvalue weighted by molar-refractivity contribution is 7.14. The second-order valence-electron chi connectivity index (χ2n) is 7.84. The molecule has 6 N–H and O–H groups in total. The van der Waals surface area contributed by atoms with Gasteiger partial charge in [0.2, 0.25) is 5.91 Å². The molecule has 0 aliphatic rings. The first-order chi connectivity index (χ1) is 16.4. The molecule has 1 aromatic carbocycles. The number of carbonyl (C=O) groups is 4. The van der Waals surface area contributed by atoms with E-state index in [4.69, 9.17) is 21.0 Å². The van der Waals surface area contributed by atoms with Gasteiger partial charge in [0.1, 0.15) is 16.8 Å². The molecule has 196 valence electrons. The number of hydrogen-bond acceptors (Lipinski definition) is 7. The van der Waals surface area contributed by atoms with E-state index in [0.717, 1.165) is 17.4 Å². The van der Waals surface area contributed by atoms with Crippen molar-refractivity contribution >= 4 is 53.4 Å². The fraction of sp³-hybridized carbons (Fsp3) is 0.348. The highest BCUT2D eigenvalue weighted by Crippen LogP contribution is 2.34. The van der Waals surface area contributed by atoms with Crippen molar-refractivity contribution in [3.8, 4) is 5.75 Å². The maximum atomic E-state index is 14.2. The topological polar surface area (TPSA) is 180 Å². The van der Waals surface area contributed by atoms with Crippen molar-refractivity contribution in [2.75, 3.05) is 0 Å². The molecule has 0 aliphatic heterocycles. The van der Waals surface area contributed by atoms with Crippen LogP contribution in [0.15, 0.2) is 30.3 Å². The van der Waals surface area contributed by atoms with Gasteiger partial charge in [0.25, 0.3) is 0 Å². The van der Waals surface area contributed by atoms with Gasteiger partial charge in [-0.2, -0.15) is 0 Å². The molecule has 2 aromatic rings. The zero-order valence-electron chi connectivity index (χ0n) is 19.5.